The van der Waals surface area contributed by atoms with Crippen LogP contribution in [0, 0.1) is 5.82 Å². The molecule has 1 amide bonds. The summed E-state index contributed by atoms with van der Waals surface area (Å²) in [6.07, 6.45) is 4.41. The first-order chi connectivity index (χ1) is 9.72. The Kier molecular flexibility index (Phi) is 3.50. The zero-order chi connectivity index (χ0) is 13.9. The number of nitrogens with zero attached hydrogens (tertiary/aromatic N) is 1. The highest BCUT2D eigenvalue weighted by molar-refractivity contribution is 5.93. The van der Waals surface area contributed by atoms with Crippen LogP contribution in [0.5, 0.6) is 0 Å². The van der Waals surface area contributed by atoms with Crippen LogP contribution in [0.2, 0.25) is 0 Å². The topological polar surface area (TPSA) is 57.8 Å². The van der Waals surface area contributed by atoms with E-state index < -0.39 is 0 Å². The lowest BCUT2D eigenvalue weighted by atomic mass is 10.1. The van der Waals surface area contributed by atoms with Crippen molar-refractivity contribution in [2.75, 3.05) is 0 Å². The summed E-state index contributed by atoms with van der Waals surface area (Å²) in [7, 11) is 0. The van der Waals surface area contributed by atoms with Crippen molar-refractivity contribution in [1.82, 2.24) is 15.5 Å². The van der Waals surface area contributed by atoms with Crippen LogP contribution in [0.15, 0.2) is 30.3 Å². The van der Waals surface area contributed by atoms with Crippen LogP contribution >= 0.6 is 0 Å². The maximum Gasteiger partial charge on any atom is 0.269 e. The maximum atomic E-state index is 13.2. The number of aromatic amines is 1. The van der Waals surface area contributed by atoms with Crippen LogP contribution in [0.1, 0.15) is 36.2 Å². The summed E-state index contributed by atoms with van der Waals surface area (Å²) in [4.78, 5) is 12.1. The van der Waals surface area contributed by atoms with Gasteiger partial charge in [0.15, 0.2) is 0 Å². The molecule has 1 aliphatic carbocycles. The summed E-state index contributed by atoms with van der Waals surface area (Å²) >= 11 is 0. The molecule has 3 rings (SSSR count). The third kappa shape index (κ3) is 2.71. The third-order valence-corrected chi connectivity index (χ3v) is 3.63. The van der Waals surface area contributed by atoms with Crippen molar-refractivity contribution in [1.29, 1.82) is 0 Å². The molecule has 1 saturated carbocycles. The van der Waals surface area contributed by atoms with E-state index >= 15 is 0 Å². The second kappa shape index (κ2) is 5.45. The zero-order valence-electron chi connectivity index (χ0n) is 11.0. The predicted octanol–water partition coefficient (Wildman–Crippen LogP) is 2.89. The van der Waals surface area contributed by atoms with E-state index in [0.29, 0.717) is 17.0 Å². The molecule has 1 heterocycles. The smallest absolute Gasteiger partial charge is 0.269 e. The van der Waals surface area contributed by atoms with Gasteiger partial charge in [-0.3, -0.25) is 9.89 Å². The summed E-state index contributed by atoms with van der Waals surface area (Å²) in [5, 5.41) is 9.77. The summed E-state index contributed by atoms with van der Waals surface area (Å²) in [5.74, 6) is -0.463. The average molecular weight is 273 g/mol. The van der Waals surface area contributed by atoms with Crippen molar-refractivity contribution >= 4 is 5.91 Å². The minimum atomic E-state index is -0.317. The number of amides is 1. The number of H-pyrrole nitrogens is 1. The molecule has 1 aliphatic rings. The molecule has 4 nitrogen and oxygen atoms in total. The van der Waals surface area contributed by atoms with E-state index in [1.807, 2.05) is 0 Å². The fourth-order valence-corrected chi connectivity index (χ4v) is 2.57. The van der Waals surface area contributed by atoms with E-state index in [2.05, 4.69) is 15.5 Å². The molecule has 2 N–H and O–H groups in total. The Labute approximate surface area is 116 Å². The molecule has 1 aromatic heterocycles. The van der Waals surface area contributed by atoms with Gasteiger partial charge in [-0.15, -0.1) is 0 Å². The molecule has 2 aromatic rings. The van der Waals surface area contributed by atoms with Gasteiger partial charge in [-0.25, -0.2) is 4.39 Å². The van der Waals surface area contributed by atoms with Crippen LogP contribution in [0.4, 0.5) is 4.39 Å². The summed E-state index contributed by atoms with van der Waals surface area (Å²) in [6.45, 7) is 0. The number of carbonyl (C=O) groups is 1. The lowest BCUT2D eigenvalue weighted by Crippen LogP contribution is -2.32. The monoisotopic (exact) mass is 273 g/mol. The van der Waals surface area contributed by atoms with Gasteiger partial charge in [0.1, 0.15) is 11.5 Å². The van der Waals surface area contributed by atoms with Crippen LogP contribution in [0.25, 0.3) is 11.3 Å². The molecule has 20 heavy (non-hydrogen) atoms. The fraction of sp³-hybridized carbons (Fsp3) is 0.333. The van der Waals surface area contributed by atoms with Crippen molar-refractivity contribution in [3.05, 3.63) is 41.8 Å². The molecule has 0 bridgehead atoms. The minimum Gasteiger partial charge on any atom is -0.348 e. The molecule has 0 radical (unpaired) electrons. The minimum absolute atomic E-state index is 0.146. The molecule has 0 aliphatic heterocycles. The lowest BCUT2D eigenvalue weighted by molar-refractivity contribution is 0.0933. The van der Waals surface area contributed by atoms with Gasteiger partial charge in [-0.05, 0) is 31.0 Å². The largest absolute Gasteiger partial charge is 0.348 e. The van der Waals surface area contributed by atoms with Crippen LogP contribution in [0.3, 0.4) is 0 Å². The summed E-state index contributed by atoms with van der Waals surface area (Å²) < 4.78 is 13.2. The Balaban J connectivity index is 1.74. The maximum absolute atomic E-state index is 13.2. The van der Waals surface area contributed by atoms with Crippen molar-refractivity contribution in [3.63, 3.8) is 0 Å². The first-order valence-corrected chi connectivity index (χ1v) is 6.84. The molecule has 0 unspecified atom stereocenters. The van der Waals surface area contributed by atoms with Gasteiger partial charge in [-0.1, -0.05) is 25.0 Å². The average Bonchev–Trinajstić information content (AvgIpc) is 3.09. The first-order valence-electron chi connectivity index (χ1n) is 6.84. The number of aromatic nitrogens is 2. The number of hydrogen-bond donors (Lipinski definition) is 2. The predicted molar refractivity (Wildman–Crippen MR) is 73.7 cm³/mol. The van der Waals surface area contributed by atoms with E-state index in [1.165, 1.54) is 25.0 Å². The van der Waals surface area contributed by atoms with E-state index in [4.69, 9.17) is 0 Å². The Hall–Kier alpha value is -2.17. The summed E-state index contributed by atoms with van der Waals surface area (Å²) in [6, 6.07) is 8.08. The van der Waals surface area contributed by atoms with Gasteiger partial charge in [0.05, 0.1) is 5.69 Å². The molecule has 1 fully saturated rings. The highest BCUT2D eigenvalue weighted by atomic mass is 19.1. The molecule has 0 saturated heterocycles. The number of carbonyl (C=O) groups excluding carboxylic acids is 1. The van der Waals surface area contributed by atoms with Gasteiger partial charge in [0.2, 0.25) is 0 Å². The quantitative estimate of drug-likeness (QED) is 0.903. The second-order valence-electron chi connectivity index (χ2n) is 5.13. The molecule has 0 atom stereocenters. The third-order valence-electron chi connectivity index (χ3n) is 3.63. The molecular weight excluding hydrogens is 257 g/mol. The van der Waals surface area contributed by atoms with Gasteiger partial charge in [-0.2, -0.15) is 5.10 Å². The Bertz CT molecular complexity index is 617. The van der Waals surface area contributed by atoms with Gasteiger partial charge >= 0.3 is 0 Å². The van der Waals surface area contributed by atoms with Crippen LogP contribution in [-0.2, 0) is 0 Å². The highest BCUT2D eigenvalue weighted by Crippen LogP contribution is 2.20. The molecular formula is C15H16FN3O. The number of hydrogen-bond acceptors (Lipinski definition) is 2. The fourth-order valence-electron chi connectivity index (χ4n) is 2.57. The molecule has 5 heteroatoms. The SMILES string of the molecule is O=C(NC1CCCC1)c1cc(-c2cccc(F)c2)n[nH]1. The Morgan fingerprint density at radius 1 is 1.30 bits per heavy atom. The Morgan fingerprint density at radius 2 is 2.10 bits per heavy atom. The normalized spacial score (nSPS) is 15.4. The number of halogens is 1. The van der Waals surface area contributed by atoms with E-state index in [-0.39, 0.29) is 17.8 Å². The first kappa shape index (κ1) is 12.8. The van der Waals surface area contributed by atoms with Crippen molar-refractivity contribution < 1.29 is 9.18 Å². The van der Waals surface area contributed by atoms with Gasteiger partial charge in [0, 0.05) is 11.6 Å². The van der Waals surface area contributed by atoms with Crippen molar-refractivity contribution in [2.24, 2.45) is 0 Å². The standard InChI is InChI=1S/C15H16FN3O/c16-11-5-3-4-10(8-11)13-9-14(19-18-13)15(20)17-12-6-1-2-7-12/h3-5,8-9,12H,1-2,6-7H2,(H,17,20)(H,18,19). The highest BCUT2D eigenvalue weighted by Gasteiger charge is 2.19. The van der Waals surface area contributed by atoms with Gasteiger partial charge in [0.25, 0.3) is 5.91 Å². The summed E-state index contributed by atoms with van der Waals surface area (Å²) in [5.41, 5.74) is 1.64. The molecule has 0 spiro atoms. The van der Waals surface area contributed by atoms with Crippen molar-refractivity contribution in [3.8, 4) is 11.3 Å². The number of benzene rings is 1. The van der Waals surface area contributed by atoms with Crippen molar-refractivity contribution in [2.45, 2.75) is 31.7 Å². The zero-order valence-corrected chi connectivity index (χ0v) is 11.0. The second-order valence-corrected chi connectivity index (χ2v) is 5.13. The molecule has 1 aromatic carbocycles. The number of rotatable bonds is 3. The lowest BCUT2D eigenvalue weighted by Gasteiger charge is -2.09. The van der Waals surface area contributed by atoms with E-state index in [9.17, 15) is 9.18 Å². The number of nitrogens with one attached hydrogen (secondary N) is 2. The van der Waals surface area contributed by atoms with Gasteiger partial charge < -0.3 is 5.32 Å². The van der Waals surface area contributed by atoms with E-state index in [0.717, 1.165) is 12.8 Å². The van der Waals surface area contributed by atoms with Crippen LogP contribution in [-0.4, -0.2) is 22.1 Å². The van der Waals surface area contributed by atoms with Crippen LogP contribution < -0.4 is 5.32 Å². The Morgan fingerprint density at radius 3 is 2.85 bits per heavy atom. The van der Waals surface area contributed by atoms with E-state index in [1.54, 1.807) is 18.2 Å². The molecule has 104 valence electrons.